The van der Waals surface area contributed by atoms with E-state index in [0.29, 0.717) is 6.54 Å². The van der Waals surface area contributed by atoms with Gasteiger partial charge in [0.2, 0.25) is 0 Å². The van der Waals surface area contributed by atoms with Gasteiger partial charge in [0, 0.05) is 35.8 Å². The maximum atomic E-state index is 12.6. The quantitative estimate of drug-likeness (QED) is 0.353. The van der Waals surface area contributed by atoms with E-state index < -0.39 is 0 Å². The molecule has 4 rings (SSSR count). The van der Waals surface area contributed by atoms with Gasteiger partial charge < -0.3 is 9.88 Å². The Morgan fingerprint density at radius 2 is 1.68 bits per heavy atom. The maximum absolute atomic E-state index is 12.6. The van der Waals surface area contributed by atoms with Crippen LogP contribution in [0.2, 0.25) is 0 Å². The first-order chi connectivity index (χ1) is 15.1. The van der Waals surface area contributed by atoms with Crippen molar-refractivity contribution >= 4 is 22.9 Å². The summed E-state index contributed by atoms with van der Waals surface area (Å²) in [6.45, 7) is 3.18. The van der Waals surface area contributed by atoms with Crippen LogP contribution in [0.3, 0.4) is 0 Å². The van der Waals surface area contributed by atoms with Gasteiger partial charge in [0.05, 0.1) is 0 Å². The molecule has 0 aliphatic carbocycles. The smallest absolute Gasteiger partial charge is 0.262 e. The molecule has 4 aromatic rings. The highest BCUT2D eigenvalue weighted by Crippen LogP contribution is 2.24. The zero-order valence-electron chi connectivity index (χ0n) is 17.4. The molecule has 4 nitrogen and oxygen atoms in total. The summed E-state index contributed by atoms with van der Waals surface area (Å²) in [7, 11) is 0. The maximum Gasteiger partial charge on any atom is 0.262 e. The molecule has 1 heterocycles. The average Bonchev–Trinajstić information content (AvgIpc) is 3.15. The fraction of sp³-hybridized carbons (Fsp3) is 0.111. The Hall–Kier alpha value is -4.10. The predicted molar refractivity (Wildman–Crippen MR) is 124 cm³/mol. The predicted octanol–water partition coefficient (Wildman–Crippen LogP) is 5.22. The number of para-hydroxylation sites is 1. The standard InChI is InChI=1S/C27H23N3O/c1-20-11-13-22(14-12-20)18-30-19-24(25-9-5-6-10-26(25)30)15-23(16-28)27(31)29-17-21-7-3-2-4-8-21/h2-15,19H,17-18H2,1H3,(H,29,31)/b23-15-. The second-order valence-corrected chi connectivity index (χ2v) is 7.55. The molecule has 0 saturated carbocycles. The van der Waals surface area contributed by atoms with Crippen LogP contribution < -0.4 is 5.32 Å². The molecule has 0 radical (unpaired) electrons. The number of aryl methyl sites for hydroxylation is 1. The molecule has 1 amide bonds. The molecular formula is C27H23N3O. The van der Waals surface area contributed by atoms with E-state index in [9.17, 15) is 10.1 Å². The fourth-order valence-electron chi connectivity index (χ4n) is 3.59. The van der Waals surface area contributed by atoms with Crippen molar-refractivity contribution in [2.75, 3.05) is 0 Å². The van der Waals surface area contributed by atoms with Gasteiger partial charge in [0.25, 0.3) is 5.91 Å². The van der Waals surface area contributed by atoms with Crippen molar-refractivity contribution in [3.05, 3.63) is 113 Å². The first-order valence-electron chi connectivity index (χ1n) is 10.2. The number of nitrogens with one attached hydrogen (secondary N) is 1. The van der Waals surface area contributed by atoms with E-state index in [1.807, 2.05) is 54.7 Å². The molecule has 0 aliphatic rings. The Morgan fingerprint density at radius 3 is 2.42 bits per heavy atom. The molecule has 1 N–H and O–H groups in total. The van der Waals surface area contributed by atoms with Crippen LogP contribution in [0.25, 0.3) is 17.0 Å². The molecule has 4 heteroatoms. The van der Waals surface area contributed by atoms with E-state index in [1.54, 1.807) is 6.08 Å². The SMILES string of the molecule is Cc1ccc(Cn2cc(/C=C(/C#N)C(=O)NCc3ccccc3)c3ccccc32)cc1. The summed E-state index contributed by atoms with van der Waals surface area (Å²) in [6, 6.07) is 28.2. The lowest BCUT2D eigenvalue weighted by Gasteiger charge is -2.06. The molecule has 152 valence electrons. The monoisotopic (exact) mass is 405 g/mol. The zero-order chi connectivity index (χ0) is 21.6. The van der Waals surface area contributed by atoms with Gasteiger partial charge in [-0.3, -0.25) is 4.79 Å². The van der Waals surface area contributed by atoms with Gasteiger partial charge in [-0.05, 0) is 30.2 Å². The van der Waals surface area contributed by atoms with Crippen molar-refractivity contribution in [1.82, 2.24) is 9.88 Å². The first-order valence-corrected chi connectivity index (χ1v) is 10.2. The number of nitrogens with zero attached hydrogens (tertiary/aromatic N) is 2. The van der Waals surface area contributed by atoms with Gasteiger partial charge in [-0.15, -0.1) is 0 Å². The van der Waals surface area contributed by atoms with Crippen LogP contribution in [0.5, 0.6) is 0 Å². The number of hydrogen-bond donors (Lipinski definition) is 1. The number of carbonyl (C=O) groups excluding carboxylic acids is 1. The van der Waals surface area contributed by atoms with E-state index in [1.165, 1.54) is 11.1 Å². The van der Waals surface area contributed by atoms with Gasteiger partial charge in [0.1, 0.15) is 11.6 Å². The largest absolute Gasteiger partial charge is 0.347 e. The second kappa shape index (κ2) is 9.15. The van der Waals surface area contributed by atoms with Crippen molar-refractivity contribution < 1.29 is 4.79 Å². The molecule has 0 fully saturated rings. The number of aromatic nitrogens is 1. The Kier molecular flexibility index (Phi) is 5.96. The molecule has 0 unspecified atom stereocenters. The number of amides is 1. The summed E-state index contributed by atoms with van der Waals surface area (Å²) in [4.78, 5) is 12.6. The highest BCUT2D eigenvalue weighted by Gasteiger charge is 2.12. The third kappa shape index (κ3) is 4.73. The van der Waals surface area contributed by atoms with Crippen molar-refractivity contribution in [2.45, 2.75) is 20.0 Å². The number of carbonyl (C=O) groups is 1. The summed E-state index contributed by atoms with van der Waals surface area (Å²) in [5, 5.41) is 13.5. The van der Waals surface area contributed by atoms with Crippen molar-refractivity contribution in [3.8, 4) is 6.07 Å². The van der Waals surface area contributed by atoms with E-state index in [4.69, 9.17) is 0 Å². The molecule has 3 aromatic carbocycles. The van der Waals surface area contributed by atoms with E-state index in [2.05, 4.69) is 53.2 Å². The van der Waals surface area contributed by atoms with E-state index in [0.717, 1.165) is 28.6 Å². The second-order valence-electron chi connectivity index (χ2n) is 7.55. The highest BCUT2D eigenvalue weighted by atomic mass is 16.1. The van der Waals surface area contributed by atoms with Gasteiger partial charge in [-0.1, -0.05) is 78.4 Å². The van der Waals surface area contributed by atoms with Crippen LogP contribution in [0.1, 0.15) is 22.3 Å². The third-order valence-electron chi connectivity index (χ3n) is 5.25. The molecule has 0 bridgehead atoms. The first kappa shape index (κ1) is 20.2. The van der Waals surface area contributed by atoms with Crippen molar-refractivity contribution in [3.63, 3.8) is 0 Å². The lowest BCUT2D eigenvalue weighted by molar-refractivity contribution is -0.117. The summed E-state index contributed by atoms with van der Waals surface area (Å²) < 4.78 is 2.16. The summed E-state index contributed by atoms with van der Waals surface area (Å²) in [5.41, 5.74) is 5.43. The van der Waals surface area contributed by atoms with Crippen LogP contribution in [0.15, 0.2) is 90.6 Å². The fourth-order valence-corrected chi connectivity index (χ4v) is 3.59. The number of rotatable bonds is 6. The van der Waals surface area contributed by atoms with Gasteiger partial charge in [-0.2, -0.15) is 5.26 Å². The van der Waals surface area contributed by atoms with Gasteiger partial charge >= 0.3 is 0 Å². The van der Waals surface area contributed by atoms with Crippen LogP contribution in [0, 0.1) is 18.3 Å². The average molecular weight is 406 g/mol. The van der Waals surface area contributed by atoms with Crippen LogP contribution in [-0.4, -0.2) is 10.5 Å². The molecule has 1 aromatic heterocycles. The normalized spacial score (nSPS) is 11.3. The lowest BCUT2D eigenvalue weighted by Crippen LogP contribution is -2.23. The van der Waals surface area contributed by atoms with Gasteiger partial charge in [0.15, 0.2) is 0 Å². The molecule has 0 atom stereocenters. The van der Waals surface area contributed by atoms with Crippen LogP contribution in [0.4, 0.5) is 0 Å². The molecule has 0 aliphatic heterocycles. The Balaban J connectivity index is 1.61. The Bertz CT molecular complexity index is 1280. The summed E-state index contributed by atoms with van der Waals surface area (Å²) in [5.74, 6) is -0.373. The summed E-state index contributed by atoms with van der Waals surface area (Å²) >= 11 is 0. The van der Waals surface area contributed by atoms with Crippen molar-refractivity contribution in [1.29, 1.82) is 5.26 Å². The molecular weight excluding hydrogens is 382 g/mol. The lowest BCUT2D eigenvalue weighted by atomic mass is 10.1. The minimum absolute atomic E-state index is 0.0918. The topological polar surface area (TPSA) is 57.8 Å². The van der Waals surface area contributed by atoms with E-state index >= 15 is 0 Å². The zero-order valence-corrected chi connectivity index (χ0v) is 17.4. The summed E-state index contributed by atoms with van der Waals surface area (Å²) in [6.07, 6.45) is 3.68. The van der Waals surface area contributed by atoms with Gasteiger partial charge in [-0.25, -0.2) is 0 Å². The highest BCUT2D eigenvalue weighted by molar-refractivity contribution is 6.04. The Labute approximate surface area is 182 Å². The number of benzene rings is 3. The Morgan fingerprint density at radius 1 is 0.968 bits per heavy atom. The molecule has 31 heavy (non-hydrogen) atoms. The third-order valence-corrected chi connectivity index (χ3v) is 5.25. The molecule has 0 spiro atoms. The number of nitriles is 1. The minimum Gasteiger partial charge on any atom is -0.347 e. The van der Waals surface area contributed by atoms with E-state index in [-0.39, 0.29) is 11.5 Å². The number of hydrogen-bond acceptors (Lipinski definition) is 2. The van der Waals surface area contributed by atoms with Crippen molar-refractivity contribution in [2.24, 2.45) is 0 Å². The molecule has 0 saturated heterocycles. The van der Waals surface area contributed by atoms with Crippen LogP contribution >= 0.6 is 0 Å². The van der Waals surface area contributed by atoms with Crippen LogP contribution in [-0.2, 0) is 17.9 Å². The minimum atomic E-state index is -0.373. The number of fused-ring (bicyclic) bond motifs is 1.